The van der Waals surface area contributed by atoms with Crippen LogP contribution in [0.3, 0.4) is 0 Å². The van der Waals surface area contributed by atoms with Gasteiger partial charge in [-0.05, 0) is 12.8 Å². The zero-order valence-corrected chi connectivity index (χ0v) is 15.9. The first-order valence-corrected chi connectivity index (χ1v) is 8.75. The highest BCUT2D eigenvalue weighted by Gasteiger charge is 2.33. The molecule has 0 fully saturated rings. The van der Waals surface area contributed by atoms with Gasteiger partial charge in [-0.3, -0.25) is 9.59 Å². The van der Waals surface area contributed by atoms with Gasteiger partial charge in [0.2, 0.25) is 5.91 Å². The molecule has 158 valence electrons. The van der Waals surface area contributed by atoms with Gasteiger partial charge in [-0.15, -0.1) is 0 Å². The Morgan fingerprint density at radius 2 is 1.72 bits per heavy atom. The van der Waals surface area contributed by atoms with E-state index in [1.807, 2.05) is 13.8 Å². The van der Waals surface area contributed by atoms with Gasteiger partial charge in [-0.2, -0.15) is 10.1 Å². The Kier molecular flexibility index (Phi) is 6.93. The maximum absolute atomic E-state index is 14.0. The minimum absolute atomic E-state index is 0.0150. The van der Waals surface area contributed by atoms with Crippen molar-refractivity contribution in [3.8, 4) is 0 Å². The van der Waals surface area contributed by atoms with E-state index in [1.54, 1.807) is 0 Å². The molecule has 1 heterocycles. The number of halogens is 4. The maximum atomic E-state index is 14.0. The summed E-state index contributed by atoms with van der Waals surface area (Å²) in [6.07, 6.45) is -1.86. The molecule has 0 radical (unpaired) electrons. The number of hydrazone groups is 1. The van der Waals surface area contributed by atoms with Gasteiger partial charge < -0.3 is 10.1 Å². The Labute approximate surface area is 163 Å². The number of rotatable bonds is 6. The Hall–Kier alpha value is -2.98. The first-order chi connectivity index (χ1) is 13.5. The molecular weight excluding hydrogens is 398 g/mol. The van der Waals surface area contributed by atoms with Crippen LogP contribution in [0.5, 0.6) is 0 Å². The zero-order valence-electron chi connectivity index (χ0n) is 15.9. The fraction of sp³-hybridized carbons (Fsp3) is 0.444. The lowest BCUT2D eigenvalue weighted by Gasteiger charge is -2.24. The number of carbonyl (C=O) groups is 3. The van der Waals surface area contributed by atoms with Gasteiger partial charge in [0.05, 0.1) is 0 Å². The summed E-state index contributed by atoms with van der Waals surface area (Å²) in [4.78, 5) is 36.1. The van der Waals surface area contributed by atoms with Crippen molar-refractivity contribution in [1.29, 1.82) is 0 Å². The third-order valence-electron chi connectivity index (χ3n) is 3.91. The van der Waals surface area contributed by atoms with E-state index in [4.69, 9.17) is 4.74 Å². The third kappa shape index (κ3) is 5.09. The second-order valence-electron chi connectivity index (χ2n) is 6.76. The van der Waals surface area contributed by atoms with Crippen LogP contribution in [0.4, 0.5) is 23.2 Å². The highest BCUT2D eigenvalue weighted by molar-refractivity contribution is 6.38. The molecule has 29 heavy (non-hydrogen) atoms. The lowest BCUT2D eigenvalue weighted by Crippen LogP contribution is -2.41. The normalized spacial score (nSPS) is 15.2. The molecule has 0 saturated heterocycles. The quantitative estimate of drug-likeness (QED) is 0.438. The smallest absolute Gasteiger partial charge is 0.355 e. The molecule has 1 aromatic rings. The number of nitrogens with one attached hydrogen (secondary N) is 1. The lowest BCUT2D eigenvalue weighted by molar-refractivity contribution is -0.148. The van der Waals surface area contributed by atoms with E-state index >= 15 is 0 Å². The predicted octanol–water partition coefficient (Wildman–Crippen LogP) is 2.43. The number of amides is 2. The molecule has 0 spiro atoms. The topological polar surface area (TPSA) is 88.1 Å². The summed E-state index contributed by atoms with van der Waals surface area (Å²) in [6, 6.07) is -0.0150. The van der Waals surface area contributed by atoms with E-state index in [0.717, 1.165) is 0 Å². The molecule has 2 amide bonds. The summed E-state index contributed by atoms with van der Waals surface area (Å²) in [6.45, 7) is 5.40. The highest BCUT2D eigenvalue weighted by Crippen LogP contribution is 2.30. The van der Waals surface area contributed by atoms with Crippen molar-refractivity contribution >= 4 is 29.2 Å². The lowest BCUT2D eigenvalue weighted by atomic mass is 10.1. The van der Waals surface area contributed by atoms with Crippen molar-refractivity contribution in [2.24, 2.45) is 11.0 Å². The predicted molar refractivity (Wildman–Crippen MR) is 93.8 cm³/mol. The van der Waals surface area contributed by atoms with Gasteiger partial charge in [0, 0.05) is 25.5 Å². The largest absolute Gasteiger partial charge is 0.448 e. The van der Waals surface area contributed by atoms with Crippen molar-refractivity contribution in [1.82, 2.24) is 5.32 Å². The van der Waals surface area contributed by atoms with Crippen molar-refractivity contribution in [2.75, 3.05) is 11.6 Å². The third-order valence-corrected chi connectivity index (χ3v) is 3.91. The number of benzene rings is 1. The number of hydrogen-bond donors (Lipinski definition) is 1. The number of hydrogen-bond acceptors (Lipinski definition) is 5. The minimum Gasteiger partial charge on any atom is -0.448 e. The van der Waals surface area contributed by atoms with Crippen LogP contribution in [0, 0.1) is 29.2 Å². The molecule has 0 unspecified atom stereocenters. The summed E-state index contributed by atoms with van der Waals surface area (Å²) < 4.78 is 59.8. The summed E-state index contributed by atoms with van der Waals surface area (Å²) >= 11 is 0. The summed E-state index contributed by atoms with van der Waals surface area (Å²) in [7, 11) is 0. The number of carbonyl (C=O) groups excluding carboxylic acids is 3. The van der Waals surface area contributed by atoms with Crippen LogP contribution in [0.25, 0.3) is 0 Å². The van der Waals surface area contributed by atoms with Crippen LogP contribution in [0.1, 0.15) is 33.6 Å². The van der Waals surface area contributed by atoms with E-state index in [-0.39, 0.29) is 23.4 Å². The van der Waals surface area contributed by atoms with E-state index in [1.165, 1.54) is 6.92 Å². The SMILES string of the molecule is CC(C)CNC(=O)[C@H](C)OC(=O)C1=NN(c2c(F)c(F)cc(F)c2F)C(=O)CC1. The van der Waals surface area contributed by atoms with E-state index in [0.29, 0.717) is 6.54 Å². The van der Waals surface area contributed by atoms with Crippen LogP contribution >= 0.6 is 0 Å². The minimum atomic E-state index is -1.84. The van der Waals surface area contributed by atoms with Gasteiger partial charge in [0.15, 0.2) is 29.4 Å². The van der Waals surface area contributed by atoms with Crippen molar-refractivity contribution in [3.63, 3.8) is 0 Å². The summed E-state index contributed by atoms with van der Waals surface area (Å²) in [5, 5.41) is 6.14. The molecule has 0 aromatic heterocycles. The van der Waals surface area contributed by atoms with Gasteiger partial charge in [0.25, 0.3) is 5.91 Å². The van der Waals surface area contributed by atoms with E-state index in [9.17, 15) is 31.9 Å². The highest BCUT2D eigenvalue weighted by atomic mass is 19.2. The molecule has 0 bridgehead atoms. The molecule has 1 aliphatic heterocycles. The first kappa shape index (κ1) is 22.3. The van der Waals surface area contributed by atoms with Gasteiger partial charge in [0.1, 0.15) is 11.4 Å². The fourth-order valence-corrected chi connectivity index (χ4v) is 2.35. The molecule has 7 nitrogen and oxygen atoms in total. The number of esters is 1. The zero-order chi connectivity index (χ0) is 21.9. The second-order valence-corrected chi connectivity index (χ2v) is 6.76. The molecule has 0 saturated carbocycles. The Balaban J connectivity index is 2.24. The Morgan fingerprint density at radius 1 is 1.14 bits per heavy atom. The molecule has 1 aliphatic rings. The molecule has 1 atom stereocenters. The van der Waals surface area contributed by atoms with Crippen LogP contribution in [0.2, 0.25) is 0 Å². The summed E-state index contributed by atoms with van der Waals surface area (Å²) in [5.41, 5.74) is -1.81. The molecular formula is C18H19F4N3O4. The Morgan fingerprint density at radius 3 is 2.28 bits per heavy atom. The maximum Gasteiger partial charge on any atom is 0.355 e. The number of ether oxygens (including phenoxy) is 1. The average molecular weight is 417 g/mol. The monoisotopic (exact) mass is 417 g/mol. The van der Waals surface area contributed by atoms with E-state index in [2.05, 4.69) is 10.4 Å². The van der Waals surface area contributed by atoms with Crippen LogP contribution < -0.4 is 10.3 Å². The average Bonchev–Trinajstić information content (AvgIpc) is 2.65. The van der Waals surface area contributed by atoms with Gasteiger partial charge >= 0.3 is 5.97 Å². The first-order valence-electron chi connectivity index (χ1n) is 8.75. The molecule has 1 aromatic carbocycles. The van der Waals surface area contributed by atoms with Crippen LogP contribution in [0.15, 0.2) is 11.2 Å². The van der Waals surface area contributed by atoms with Crippen molar-refractivity contribution in [2.45, 2.75) is 39.7 Å². The van der Waals surface area contributed by atoms with Crippen LogP contribution in [-0.2, 0) is 19.1 Å². The molecule has 2 rings (SSSR count). The van der Waals surface area contributed by atoms with Crippen molar-refractivity contribution < 1.29 is 36.7 Å². The standard InChI is InChI=1S/C18H19F4N3O4/c1-8(2)7-23-17(27)9(3)29-18(28)12-4-5-13(26)25(24-12)16-14(21)10(19)6-11(20)15(16)22/h6,8-9H,4-5,7H2,1-3H3,(H,23,27)/t9-/m0/s1. The number of nitrogens with zero attached hydrogens (tertiary/aromatic N) is 2. The van der Waals surface area contributed by atoms with Gasteiger partial charge in [-0.25, -0.2) is 22.4 Å². The summed E-state index contributed by atoms with van der Waals surface area (Å²) in [5.74, 6) is -9.62. The van der Waals surface area contributed by atoms with Gasteiger partial charge in [-0.1, -0.05) is 13.8 Å². The van der Waals surface area contributed by atoms with Crippen LogP contribution in [-0.4, -0.2) is 36.1 Å². The Bertz CT molecular complexity index is 847. The van der Waals surface area contributed by atoms with E-state index < -0.39 is 65.0 Å². The number of anilines is 1. The fourth-order valence-electron chi connectivity index (χ4n) is 2.35. The van der Waals surface area contributed by atoms with Crippen molar-refractivity contribution in [3.05, 3.63) is 29.3 Å². The molecule has 1 N–H and O–H groups in total. The molecule has 11 heteroatoms. The second kappa shape index (κ2) is 9.01. The molecule has 0 aliphatic carbocycles.